The van der Waals surface area contributed by atoms with Gasteiger partial charge >= 0.3 is 0 Å². The van der Waals surface area contributed by atoms with Crippen LogP contribution in [-0.2, 0) is 0 Å². The zero-order valence-electron chi connectivity index (χ0n) is 12.9. The second-order valence-corrected chi connectivity index (χ2v) is 5.89. The van der Waals surface area contributed by atoms with Crippen molar-refractivity contribution in [3.8, 4) is 0 Å². The maximum absolute atomic E-state index is 3.39. The summed E-state index contributed by atoms with van der Waals surface area (Å²) in [5.41, 5.74) is 4.35. The van der Waals surface area contributed by atoms with Gasteiger partial charge in [0.1, 0.15) is 0 Å². The summed E-state index contributed by atoms with van der Waals surface area (Å²) in [4.78, 5) is 2.66. The zero-order valence-corrected chi connectivity index (χ0v) is 12.9. The molecule has 19 heavy (non-hydrogen) atoms. The number of nitrogens with one attached hydrogen (secondary N) is 1. The molecule has 2 heteroatoms. The van der Waals surface area contributed by atoms with E-state index < -0.39 is 0 Å². The normalized spacial score (nSPS) is 24.6. The SMILES string of the molecule is CCN1CCCC(CNC)C1c1ccc(C)cc1C. The minimum absolute atomic E-state index is 0.590. The van der Waals surface area contributed by atoms with Gasteiger partial charge in [0.05, 0.1) is 0 Å². The lowest BCUT2D eigenvalue weighted by Gasteiger charge is -2.42. The lowest BCUT2D eigenvalue weighted by molar-refractivity contribution is 0.0977. The van der Waals surface area contributed by atoms with Gasteiger partial charge in [-0.15, -0.1) is 0 Å². The Hall–Kier alpha value is -0.860. The topological polar surface area (TPSA) is 15.3 Å². The van der Waals surface area contributed by atoms with Crippen molar-refractivity contribution in [2.45, 2.75) is 39.7 Å². The number of hydrogen-bond donors (Lipinski definition) is 1. The molecule has 1 aliphatic rings. The van der Waals surface area contributed by atoms with Gasteiger partial charge in [-0.3, -0.25) is 4.90 Å². The summed E-state index contributed by atoms with van der Waals surface area (Å²) in [7, 11) is 2.07. The third-order valence-corrected chi connectivity index (χ3v) is 4.48. The molecule has 0 aliphatic carbocycles. The summed E-state index contributed by atoms with van der Waals surface area (Å²) in [6.07, 6.45) is 2.68. The highest BCUT2D eigenvalue weighted by molar-refractivity contribution is 5.33. The molecule has 1 aliphatic heterocycles. The van der Waals surface area contributed by atoms with E-state index in [2.05, 4.69) is 56.2 Å². The lowest BCUT2D eigenvalue weighted by atomic mass is 9.82. The molecule has 1 aromatic rings. The van der Waals surface area contributed by atoms with E-state index in [0.717, 1.165) is 19.0 Å². The van der Waals surface area contributed by atoms with Crippen LogP contribution in [0.3, 0.4) is 0 Å². The predicted octanol–water partition coefficient (Wildman–Crippen LogP) is 3.30. The Kier molecular flexibility index (Phi) is 5.00. The molecular weight excluding hydrogens is 232 g/mol. The lowest BCUT2D eigenvalue weighted by Crippen LogP contribution is -2.42. The number of benzene rings is 1. The first-order chi connectivity index (χ1) is 9.17. The molecule has 106 valence electrons. The first-order valence-electron chi connectivity index (χ1n) is 7.63. The molecule has 2 nitrogen and oxygen atoms in total. The highest BCUT2D eigenvalue weighted by atomic mass is 15.2. The van der Waals surface area contributed by atoms with Crippen LogP contribution in [0.5, 0.6) is 0 Å². The summed E-state index contributed by atoms with van der Waals surface area (Å²) in [5.74, 6) is 0.736. The van der Waals surface area contributed by atoms with Gasteiger partial charge in [0, 0.05) is 6.04 Å². The molecule has 1 fully saturated rings. The molecule has 0 spiro atoms. The number of hydrogen-bond acceptors (Lipinski definition) is 2. The van der Waals surface area contributed by atoms with Crippen molar-refractivity contribution in [3.05, 3.63) is 34.9 Å². The van der Waals surface area contributed by atoms with Gasteiger partial charge in [0.15, 0.2) is 0 Å². The number of piperidine rings is 1. The van der Waals surface area contributed by atoms with E-state index >= 15 is 0 Å². The van der Waals surface area contributed by atoms with Gasteiger partial charge in [-0.1, -0.05) is 30.7 Å². The van der Waals surface area contributed by atoms with Gasteiger partial charge in [0.2, 0.25) is 0 Å². The van der Waals surface area contributed by atoms with Crippen LogP contribution >= 0.6 is 0 Å². The fraction of sp³-hybridized carbons (Fsp3) is 0.647. The standard InChI is InChI=1S/C17H28N2/c1-5-19-10-6-7-15(12-18-4)17(19)16-9-8-13(2)11-14(16)3/h8-9,11,15,17-18H,5-7,10,12H2,1-4H3. The van der Waals surface area contributed by atoms with E-state index in [1.165, 1.54) is 36.1 Å². The van der Waals surface area contributed by atoms with E-state index in [1.807, 2.05) is 0 Å². The van der Waals surface area contributed by atoms with Gasteiger partial charge in [0.25, 0.3) is 0 Å². The largest absolute Gasteiger partial charge is 0.319 e. The van der Waals surface area contributed by atoms with Crippen molar-refractivity contribution in [2.75, 3.05) is 26.7 Å². The van der Waals surface area contributed by atoms with Crippen molar-refractivity contribution < 1.29 is 0 Å². The summed E-state index contributed by atoms with van der Waals surface area (Å²) in [6.45, 7) is 10.3. The van der Waals surface area contributed by atoms with E-state index in [-0.39, 0.29) is 0 Å². The van der Waals surface area contributed by atoms with Crippen molar-refractivity contribution >= 4 is 0 Å². The molecule has 0 amide bonds. The molecular formula is C17H28N2. The molecule has 2 atom stereocenters. The second-order valence-electron chi connectivity index (χ2n) is 5.89. The van der Waals surface area contributed by atoms with Crippen LogP contribution in [-0.4, -0.2) is 31.6 Å². The van der Waals surface area contributed by atoms with Gasteiger partial charge in [-0.25, -0.2) is 0 Å². The van der Waals surface area contributed by atoms with Crippen LogP contribution in [0.25, 0.3) is 0 Å². The van der Waals surface area contributed by atoms with Crippen LogP contribution in [0.4, 0.5) is 0 Å². The highest BCUT2D eigenvalue weighted by Crippen LogP contribution is 2.37. The summed E-state index contributed by atoms with van der Waals surface area (Å²) in [6, 6.07) is 7.54. The van der Waals surface area contributed by atoms with Crippen LogP contribution in [0.2, 0.25) is 0 Å². The van der Waals surface area contributed by atoms with Crippen molar-refractivity contribution in [2.24, 2.45) is 5.92 Å². The maximum Gasteiger partial charge on any atom is 0.0390 e. The van der Waals surface area contributed by atoms with Crippen molar-refractivity contribution in [1.29, 1.82) is 0 Å². The minimum atomic E-state index is 0.590. The smallest absolute Gasteiger partial charge is 0.0390 e. The number of likely N-dealkylation sites (tertiary alicyclic amines) is 1. The highest BCUT2D eigenvalue weighted by Gasteiger charge is 2.31. The van der Waals surface area contributed by atoms with Crippen LogP contribution in [0.1, 0.15) is 42.5 Å². The van der Waals surface area contributed by atoms with Crippen LogP contribution < -0.4 is 5.32 Å². The Bertz CT molecular complexity index is 412. The number of rotatable bonds is 4. The summed E-state index contributed by atoms with van der Waals surface area (Å²) < 4.78 is 0. The average Bonchev–Trinajstić information content (AvgIpc) is 2.39. The fourth-order valence-electron chi connectivity index (χ4n) is 3.59. The first-order valence-corrected chi connectivity index (χ1v) is 7.63. The molecule has 1 N–H and O–H groups in total. The molecule has 1 aromatic carbocycles. The molecule has 0 bridgehead atoms. The maximum atomic E-state index is 3.39. The third-order valence-electron chi connectivity index (χ3n) is 4.48. The van der Waals surface area contributed by atoms with Gasteiger partial charge in [-0.05, 0) is 70.4 Å². The Morgan fingerprint density at radius 2 is 2.11 bits per heavy atom. The molecule has 0 saturated carbocycles. The Morgan fingerprint density at radius 3 is 2.74 bits per heavy atom. The van der Waals surface area contributed by atoms with Crippen LogP contribution in [0.15, 0.2) is 18.2 Å². The van der Waals surface area contributed by atoms with Crippen molar-refractivity contribution in [1.82, 2.24) is 10.2 Å². The number of nitrogens with zero attached hydrogens (tertiary/aromatic N) is 1. The molecule has 0 radical (unpaired) electrons. The van der Waals surface area contributed by atoms with E-state index in [0.29, 0.717) is 6.04 Å². The Morgan fingerprint density at radius 1 is 1.32 bits per heavy atom. The summed E-state index contributed by atoms with van der Waals surface area (Å²) in [5, 5.41) is 3.39. The number of aryl methyl sites for hydroxylation is 2. The Labute approximate surface area is 118 Å². The van der Waals surface area contributed by atoms with E-state index in [4.69, 9.17) is 0 Å². The predicted molar refractivity (Wildman–Crippen MR) is 82.6 cm³/mol. The third kappa shape index (κ3) is 3.18. The van der Waals surface area contributed by atoms with Gasteiger partial charge < -0.3 is 5.32 Å². The van der Waals surface area contributed by atoms with Crippen molar-refractivity contribution in [3.63, 3.8) is 0 Å². The quantitative estimate of drug-likeness (QED) is 0.893. The van der Waals surface area contributed by atoms with Crippen LogP contribution in [0, 0.1) is 19.8 Å². The minimum Gasteiger partial charge on any atom is -0.319 e. The molecule has 1 saturated heterocycles. The van der Waals surface area contributed by atoms with Gasteiger partial charge in [-0.2, -0.15) is 0 Å². The molecule has 1 heterocycles. The molecule has 0 aromatic heterocycles. The monoisotopic (exact) mass is 260 g/mol. The Balaban J connectivity index is 2.33. The average molecular weight is 260 g/mol. The zero-order chi connectivity index (χ0) is 13.8. The van der Waals surface area contributed by atoms with E-state index in [1.54, 1.807) is 0 Å². The summed E-state index contributed by atoms with van der Waals surface area (Å²) >= 11 is 0. The molecule has 2 unspecified atom stereocenters. The van der Waals surface area contributed by atoms with E-state index in [9.17, 15) is 0 Å². The first kappa shape index (κ1) is 14.5. The second kappa shape index (κ2) is 6.53. The fourth-order valence-corrected chi connectivity index (χ4v) is 3.59. The molecule has 2 rings (SSSR count).